The summed E-state index contributed by atoms with van der Waals surface area (Å²) in [7, 11) is 0. The zero-order chi connectivity index (χ0) is 20.1. The molecule has 0 unspecified atom stereocenters. The fraction of sp³-hybridized carbons (Fsp3) is 0.227. The van der Waals surface area contributed by atoms with E-state index in [0.29, 0.717) is 36.2 Å². The Morgan fingerprint density at radius 1 is 1.00 bits per heavy atom. The van der Waals surface area contributed by atoms with Crippen LogP contribution in [0, 0.1) is 6.92 Å². The van der Waals surface area contributed by atoms with E-state index >= 15 is 0 Å². The van der Waals surface area contributed by atoms with Gasteiger partial charge in [-0.05, 0) is 43.3 Å². The Morgan fingerprint density at radius 2 is 1.69 bits per heavy atom. The molecule has 0 saturated carbocycles. The Balaban J connectivity index is 1.44. The Hall–Kier alpha value is -3.45. The summed E-state index contributed by atoms with van der Waals surface area (Å²) >= 11 is 0. The van der Waals surface area contributed by atoms with Crippen molar-refractivity contribution in [3.05, 3.63) is 72.2 Å². The number of rotatable bonds is 5. The van der Waals surface area contributed by atoms with Gasteiger partial charge in [0.1, 0.15) is 28.8 Å². The normalized spacial score (nSPS) is 13.8. The van der Waals surface area contributed by atoms with E-state index in [2.05, 4.69) is 20.2 Å². The molecule has 0 bridgehead atoms. The molecule has 3 aromatic rings. The molecule has 7 nitrogen and oxygen atoms in total. The lowest BCUT2D eigenvalue weighted by Gasteiger charge is -2.28. The third-order valence-electron chi connectivity index (χ3n) is 4.48. The number of carbonyl (C=O) groups is 1. The minimum atomic E-state index is -0.276. The van der Waals surface area contributed by atoms with Crippen molar-refractivity contribution < 1.29 is 14.3 Å². The molecule has 0 atom stereocenters. The molecule has 29 heavy (non-hydrogen) atoms. The van der Waals surface area contributed by atoms with Crippen molar-refractivity contribution in [3.8, 4) is 11.5 Å². The first-order valence-corrected chi connectivity index (χ1v) is 9.50. The van der Waals surface area contributed by atoms with Gasteiger partial charge in [0.05, 0.1) is 13.2 Å². The molecule has 0 aliphatic carbocycles. The van der Waals surface area contributed by atoms with Crippen LogP contribution in [0.2, 0.25) is 0 Å². The smallest absolute Gasteiger partial charge is 0.274 e. The number of hydrogen-bond acceptors (Lipinski definition) is 6. The fourth-order valence-electron chi connectivity index (χ4n) is 3.05. The third kappa shape index (κ3) is 4.89. The first-order chi connectivity index (χ1) is 14.2. The summed E-state index contributed by atoms with van der Waals surface area (Å²) in [6.07, 6.45) is 0. The summed E-state index contributed by atoms with van der Waals surface area (Å²) in [5, 5.41) is 2.88. The van der Waals surface area contributed by atoms with E-state index < -0.39 is 0 Å². The highest BCUT2D eigenvalue weighted by atomic mass is 16.5. The summed E-state index contributed by atoms with van der Waals surface area (Å²) in [6.45, 7) is 4.60. The van der Waals surface area contributed by atoms with Crippen LogP contribution < -0.4 is 15.0 Å². The van der Waals surface area contributed by atoms with Crippen LogP contribution in [0.1, 0.15) is 16.3 Å². The quantitative estimate of drug-likeness (QED) is 0.716. The van der Waals surface area contributed by atoms with E-state index in [9.17, 15) is 4.79 Å². The molecule has 1 fully saturated rings. The highest BCUT2D eigenvalue weighted by Gasteiger charge is 2.17. The molecular weight excluding hydrogens is 368 g/mol. The Kier molecular flexibility index (Phi) is 5.67. The van der Waals surface area contributed by atoms with Gasteiger partial charge in [-0.25, -0.2) is 9.97 Å². The number of anilines is 2. The maximum atomic E-state index is 12.7. The number of carbonyl (C=O) groups excluding carboxylic acids is 1. The number of morpholine rings is 1. The van der Waals surface area contributed by atoms with E-state index in [1.165, 1.54) is 0 Å². The van der Waals surface area contributed by atoms with E-state index in [1.54, 1.807) is 25.1 Å². The fourth-order valence-corrected chi connectivity index (χ4v) is 3.05. The second kappa shape index (κ2) is 8.70. The van der Waals surface area contributed by atoms with Crippen LogP contribution in [0.15, 0.2) is 60.7 Å². The van der Waals surface area contributed by atoms with Gasteiger partial charge in [0, 0.05) is 24.8 Å². The van der Waals surface area contributed by atoms with Crippen molar-refractivity contribution in [2.75, 3.05) is 36.5 Å². The third-order valence-corrected chi connectivity index (χ3v) is 4.48. The molecule has 1 amide bonds. The van der Waals surface area contributed by atoms with Gasteiger partial charge >= 0.3 is 0 Å². The molecule has 148 valence electrons. The van der Waals surface area contributed by atoms with Crippen LogP contribution >= 0.6 is 0 Å². The molecular formula is C22H22N4O3. The number of benzene rings is 2. The van der Waals surface area contributed by atoms with Crippen molar-refractivity contribution in [2.24, 2.45) is 0 Å². The molecule has 1 aliphatic rings. The molecule has 1 aromatic heterocycles. The van der Waals surface area contributed by atoms with Crippen LogP contribution in [0.3, 0.4) is 0 Å². The van der Waals surface area contributed by atoms with Crippen molar-refractivity contribution in [3.63, 3.8) is 0 Å². The molecule has 7 heteroatoms. The molecule has 1 saturated heterocycles. The van der Waals surface area contributed by atoms with Crippen molar-refractivity contribution in [2.45, 2.75) is 6.92 Å². The summed E-state index contributed by atoms with van der Waals surface area (Å²) in [5.41, 5.74) is 1.00. The number of nitrogens with zero attached hydrogens (tertiary/aromatic N) is 3. The van der Waals surface area contributed by atoms with Crippen molar-refractivity contribution in [1.82, 2.24) is 9.97 Å². The lowest BCUT2D eigenvalue weighted by atomic mass is 10.2. The van der Waals surface area contributed by atoms with Crippen LogP contribution in [0.4, 0.5) is 11.5 Å². The predicted octanol–water partition coefficient (Wildman–Crippen LogP) is 3.67. The summed E-state index contributed by atoms with van der Waals surface area (Å²) in [5.74, 6) is 2.49. The first-order valence-electron chi connectivity index (χ1n) is 9.50. The van der Waals surface area contributed by atoms with E-state index in [1.807, 2.05) is 42.5 Å². The average molecular weight is 390 g/mol. The summed E-state index contributed by atoms with van der Waals surface area (Å²) in [4.78, 5) is 23.6. The number of para-hydroxylation sites is 1. The SMILES string of the molecule is Cc1nc(C(=O)Nc2ccc(Oc3ccccc3)cc2)cc(N2CCOCC2)n1. The van der Waals surface area contributed by atoms with Gasteiger partial charge in [-0.15, -0.1) is 0 Å². The zero-order valence-electron chi connectivity index (χ0n) is 16.2. The molecule has 1 N–H and O–H groups in total. The number of hydrogen-bond donors (Lipinski definition) is 1. The van der Waals surface area contributed by atoms with Crippen LogP contribution in [0.5, 0.6) is 11.5 Å². The topological polar surface area (TPSA) is 76.6 Å². The lowest BCUT2D eigenvalue weighted by molar-refractivity contribution is 0.102. The maximum absolute atomic E-state index is 12.7. The average Bonchev–Trinajstić information content (AvgIpc) is 2.76. The van der Waals surface area contributed by atoms with Gasteiger partial charge in [-0.3, -0.25) is 4.79 Å². The van der Waals surface area contributed by atoms with E-state index in [0.717, 1.165) is 24.7 Å². The standard InChI is InChI=1S/C22H22N4O3/c1-16-23-20(15-21(24-16)26-11-13-28-14-12-26)22(27)25-17-7-9-19(10-8-17)29-18-5-3-2-4-6-18/h2-10,15H,11-14H2,1H3,(H,25,27). The van der Waals surface area contributed by atoms with Gasteiger partial charge in [-0.1, -0.05) is 18.2 Å². The zero-order valence-corrected chi connectivity index (χ0v) is 16.2. The summed E-state index contributed by atoms with van der Waals surface area (Å²) in [6, 6.07) is 18.5. The van der Waals surface area contributed by atoms with E-state index in [-0.39, 0.29) is 5.91 Å². The van der Waals surface area contributed by atoms with Crippen LogP contribution in [0.25, 0.3) is 0 Å². The van der Waals surface area contributed by atoms with Gasteiger partial charge in [-0.2, -0.15) is 0 Å². The Morgan fingerprint density at radius 3 is 2.41 bits per heavy atom. The second-order valence-electron chi connectivity index (χ2n) is 6.65. The monoisotopic (exact) mass is 390 g/mol. The van der Waals surface area contributed by atoms with Gasteiger partial charge in [0.2, 0.25) is 0 Å². The number of nitrogens with one attached hydrogen (secondary N) is 1. The molecule has 2 aromatic carbocycles. The highest BCUT2D eigenvalue weighted by Crippen LogP contribution is 2.23. The lowest BCUT2D eigenvalue weighted by Crippen LogP contribution is -2.37. The molecule has 1 aliphatic heterocycles. The summed E-state index contributed by atoms with van der Waals surface area (Å²) < 4.78 is 11.2. The maximum Gasteiger partial charge on any atom is 0.274 e. The van der Waals surface area contributed by atoms with Gasteiger partial charge in [0.25, 0.3) is 5.91 Å². The Labute approximate surface area is 169 Å². The van der Waals surface area contributed by atoms with Gasteiger partial charge in [0.15, 0.2) is 0 Å². The molecule has 0 spiro atoms. The number of ether oxygens (including phenoxy) is 2. The molecule has 4 rings (SSSR count). The minimum Gasteiger partial charge on any atom is -0.457 e. The van der Waals surface area contributed by atoms with Crippen LogP contribution in [-0.2, 0) is 4.74 Å². The van der Waals surface area contributed by atoms with Gasteiger partial charge < -0.3 is 19.7 Å². The first kappa shape index (κ1) is 18.9. The number of amides is 1. The number of aromatic nitrogens is 2. The number of aryl methyl sites for hydroxylation is 1. The van der Waals surface area contributed by atoms with E-state index in [4.69, 9.17) is 9.47 Å². The second-order valence-corrected chi connectivity index (χ2v) is 6.65. The molecule has 0 radical (unpaired) electrons. The highest BCUT2D eigenvalue weighted by molar-refractivity contribution is 6.03. The predicted molar refractivity (Wildman–Crippen MR) is 111 cm³/mol. The molecule has 2 heterocycles. The largest absolute Gasteiger partial charge is 0.457 e. The Bertz CT molecular complexity index is 971. The van der Waals surface area contributed by atoms with Crippen LogP contribution in [-0.4, -0.2) is 42.2 Å². The minimum absolute atomic E-state index is 0.276. The van der Waals surface area contributed by atoms with Crippen molar-refractivity contribution in [1.29, 1.82) is 0 Å². The van der Waals surface area contributed by atoms with Crippen molar-refractivity contribution >= 4 is 17.4 Å².